The number of carbonyl (C=O) groups is 1. The van der Waals surface area contributed by atoms with Crippen LogP contribution in [0.15, 0.2) is 36.7 Å². The molecule has 1 saturated heterocycles. The molecule has 1 unspecified atom stereocenters. The lowest BCUT2D eigenvalue weighted by atomic mass is 9.86. The molecular weight excluding hydrogens is 553 g/mol. The number of halogens is 5. The number of amides is 2. The summed E-state index contributed by atoms with van der Waals surface area (Å²) in [7, 11) is 3.48. The van der Waals surface area contributed by atoms with Crippen molar-refractivity contribution < 1.29 is 36.6 Å². The van der Waals surface area contributed by atoms with Crippen LogP contribution in [0.4, 0.5) is 38.4 Å². The summed E-state index contributed by atoms with van der Waals surface area (Å²) in [5.74, 6) is -3.41. The molecule has 2 aromatic heterocycles. The van der Waals surface area contributed by atoms with Gasteiger partial charge < -0.3 is 25.0 Å². The fourth-order valence-corrected chi connectivity index (χ4v) is 4.34. The first kappa shape index (κ1) is 29.8. The van der Waals surface area contributed by atoms with Gasteiger partial charge in [-0.25, -0.2) is 28.5 Å². The van der Waals surface area contributed by atoms with Gasteiger partial charge in [-0.15, -0.1) is 0 Å². The van der Waals surface area contributed by atoms with Crippen molar-refractivity contribution in [3.8, 4) is 5.88 Å². The fourth-order valence-electron chi connectivity index (χ4n) is 4.34. The lowest BCUT2D eigenvalue weighted by molar-refractivity contribution is -0.145. The molecule has 41 heavy (non-hydrogen) atoms. The fraction of sp³-hybridized carbons (Fsp3) is 0.423. The number of aliphatic hydroxyl groups is 1. The number of likely N-dealkylation sites (tertiary alicyclic amines) is 1. The van der Waals surface area contributed by atoms with Crippen LogP contribution < -0.4 is 15.0 Å². The summed E-state index contributed by atoms with van der Waals surface area (Å²) < 4.78 is 72.3. The third-order valence-corrected chi connectivity index (χ3v) is 6.53. The molecule has 2 amide bonds. The van der Waals surface area contributed by atoms with Crippen molar-refractivity contribution >= 4 is 17.7 Å². The van der Waals surface area contributed by atoms with Crippen LogP contribution in [-0.4, -0.2) is 69.8 Å². The summed E-state index contributed by atoms with van der Waals surface area (Å²) in [5.41, 5.74) is -1.49. The standard InChI is InChI=1S/C26H28F5N7O3/c1-25(40,14-41-19-7-10-32-22(34-19)26(29,30)31)16-13-33-23(37(2)3)35-20(16)15-8-11-38(12-9-15)24(39)36-21-17(27)5-4-6-18(21)28/h4-7,10,13,15,40H,8-9,11-12,14H2,1-3H3,(H,36,39). The molecule has 1 aliphatic heterocycles. The predicted octanol–water partition coefficient (Wildman–Crippen LogP) is 4.33. The third kappa shape index (κ3) is 6.96. The van der Waals surface area contributed by atoms with Crippen LogP contribution in [-0.2, 0) is 11.8 Å². The Bertz CT molecular complexity index is 1380. The van der Waals surface area contributed by atoms with Gasteiger partial charge in [0.05, 0.1) is 5.69 Å². The number of benzene rings is 1. The number of carbonyl (C=O) groups excluding carboxylic acids is 1. The van der Waals surface area contributed by atoms with E-state index in [9.17, 15) is 31.9 Å². The maximum absolute atomic E-state index is 14.0. The van der Waals surface area contributed by atoms with Gasteiger partial charge >= 0.3 is 12.2 Å². The van der Waals surface area contributed by atoms with Gasteiger partial charge in [-0.05, 0) is 31.9 Å². The van der Waals surface area contributed by atoms with Crippen molar-refractivity contribution in [2.45, 2.75) is 37.5 Å². The van der Waals surface area contributed by atoms with Gasteiger partial charge in [0.25, 0.3) is 0 Å². The minimum Gasteiger partial charge on any atom is -0.474 e. The molecule has 1 aliphatic rings. The molecule has 4 rings (SSSR count). The molecule has 0 bridgehead atoms. The maximum Gasteiger partial charge on any atom is 0.451 e. The summed E-state index contributed by atoms with van der Waals surface area (Å²) in [6, 6.07) is 3.76. The molecule has 0 spiro atoms. The van der Waals surface area contributed by atoms with Crippen molar-refractivity contribution in [3.63, 3.8) is 0 Å². The van der Waals surface area contributed by atoms with Crippen LogP contribution >= 0.6 is 0 Å². The molecule has 1 fully saturated rings. The van der Waals surface area contributed by atoms with Crippen LogP contribution in [0.1, 0.15) is 42.8 Å². The first-order valence-electron chi connectivity index (χ1n) is 12.6. The van der Waals surface area contributed by atoms with E-state index in [2.05, 4.69) is 25.3 Å². The number of rotatable bonds is 7. The van der Waals surface area contributed by atoms with Gasteiger partial charge in [-0.1, -0.05) is 6.07 Å². The summed E-state index contributed by atoms with van der Waals surface area (Å²) in [5, 5.41) is 13.6. The maximum atomic E-state index is 14.0. The summed E-state index contributed by atoms with van der Waals surface area (Å²) in [6.07, 6.45) is -1.61. The predicted molar refractivity (Wildman–Crippen MR) is 137 cm³/mol. The van der Waals surface area contributed by atoms with Crippen molar-refractivity contribution in [2.24, 2.45) is 0 Å². The van der Waals surface area contributed by atoms with Gasteiger partial charge in [0.1, 0.15) is 29.5 Å². The summed E-state index contributed by atoms with van der Waals surface area (Å²) in [6.45, 7) is 1.41. The highest BCUT2D eigenvalue weighted by Crippen LogP contribution is 2.35. The number of nitrogens with one attached hydrogen (secondary N) is 1. The number of alkyl halides is 3. The van der Waals surface area contributed by atoms with Gasteiger partial charge in [0.2, 0.25) is 17.7 Å². The highest BCUT2D eigenvalue weighted by molar-refractivity contribution is 5.89. The van der Waals surface area contributed by atoms with Crippen molar-refractivity contribution in [1.82, 2.24) is 24.8 Å². The molecule has 3 heterocycles. The molecule has 10 nitrogen and oxygen atoms in total. The van der Waals surface area contributed by atoms with Crippen molar-refractivity contribution in [1.29, 1.82) is 0 Å². The smallest absolute Gasteiger partial charge is 0.451 e. The van der Waals surface area contributed by atoms with Crippen molar-refractivity contribution in [3.05, 3.63) is 65.4 Å². The van der Waals surface area contributed by atoms with Crippen LogP contribution in [0.25, 0.3) is 0 Å². The van der Waals surface area contributed by atoms with E-state index in [4.69, 9.17) is 4.74 Å². The number of hydrogen-bond donors (Lipinski definition) is 2. The Balaban J connectivity index is 1.50. The minimum atomic E-state index is -4.76. The molecule has 0 saturated carbocycles. The molecular formula is C26H28F5N7O3. The Labute approximate surface area is 232 Å². The monoisotopic (exact) mass is 581 g/mol. The number of hydrogen-bond acceptors (Lipinski definition) is 8. The number of piperidine rings is 1. The van der Waals surface area contributed by atoms with Crippen LogP contribution in [0, 0.1) is 11.6 Å². The van der Waals surface area contributed by atoms with Crippen molar-refractivity contribution in [2.75, 3.05) is 44.0 Å². The van der Waals surface area contributed by atoms with Crippen LogP contribution in [0.3, 0.4) is 0 Å². The second-order valence-corrected chi connectivity index (χ2v) is 9.93. The topological polar surface area (TPSA) is 117 Å². The summed E-state index contributed by atoms with van der Waals surface area (Å²) >= 11 is 0. The third-order valence-electron chi connectivity index (χ3n) is 6.53. The van der Waals surface area contributed by atoms with Gasteiger partial charge in [0, 0.05) is 57.1 Å². The van der Waals surface area contributed by atoms with Crippen LogP contribution in [0.5, 0.6) is 5.88 Å². The number of anilines is 2. The lowest BCUT2D eigenvalue weighted by Crippen LogP contribution is -2.41. The zero-order valence-electron chi connectivity index (χ0n) is 22.4. The zero-order valence-corrected chi connectivity index (χ0v) is 22.4. The second kappa shape index (κ2) is 11.8. The Morgan fingerprint density at radius 1 is 1.12 bits per heavy atom. The first-order chi connectivity index (χ1) is 19.3. The normalized spacial score (nSPS) is 15.8. The Hall–Kier alpha value is -4.14. The van der Waals surface area contributed by atoms with Crippen LogP contribution in [0.2, 0.25) is 0 Å². The average Bonchev–Trinajstić information content (AvgIpc) is 2.93. The molecule has 220 valence electrons. The Kier molecular flexibility index (Phi) is 8.56. The molecule has 0 radical (unpaired) electrons. The molecule has 15 heteroatoms. The van der Waals surface area contributed by atoms with E-state index in [1.807, 2.05) is 0 Å². The van der Waals surface area contributed by atoms with Gasteiger partial charge in [-0.3, -0.25) is 0 Å². The highest BCUT2D eigenvalue weighted by Gasteiger charge is 2.36. The highest BCUT2D eigenvalue weighted by atomic mass is 19.4. The molecule has 1 aromatic carbocycles. The zero-order chi connectivity index (χ0) is 29.9. The van der Waals surface area contributed by atoms with Gasteiger partial charge in [-0.2, -0.15) is 18.2 Å². The van der Waals surface area contributed by atoms with E-state index < -0.39 is 47.6 Å². The Morgan fingerprint density at radius 2 is 1.78 bits per heavy atom. The number of urea groups is 1. The molecule has 0 aliphatic carbocycles. The molecule has 2 N–H and O–H groups in total. The second-order valence-electron chi connectivity index (χ2n) is 9.93. The van der Waals surface area contributed by atoms with E-state index in [-0.39, 0.29) is 24.9 Å². The Morgan fingerprint density at radius 3 is 2.39 bits per heavy atom. The number of para-hydroxylation sites is 1. The van der Waals surface area contributed by atoms with E-state index in [1.165, 1.54) is 24.1 Å². The van der Waals surface area contributed by atoms with E-state index >= 15 is 0 Å². The molecule has 1 atom stereocenters. The van der Waals surface area contributed by atoms with Gasteiger partial charge in [0.15, 0.2) is 0 Å². The SMILES string of the molecule is CN(C)c1ncc(C(C)(O)COc2ccnc(C(F)(F)F)n2)c(C2CCN(C(=O)Nc3c(F)cccc3F)CC2)n1. The largest absolute Gasteiger partial charge is 0.474 e. The summed E-state index contributed by atoms with van der Waals surface area (Å²) in [4.78, 5) is 31.3. The van der Waals surface area contributed by atoms with E-state index in [0.29, 0.717) is 30.0 Å². The first-order valence-corrected chi connectivity index (χ1v) is 12.6. The quantitative estimate of drug-likeness (QED) is 0.397. The molecule has 3 aromatic rings. The van der Waals surface area contributed by atoms with E-state index in [1.54, 1.807) is 19.0 Å². The average molecular weight is 582 g/mol. The van der Waals surface area contributed by atoms with E-state index in [0.717, 1.165) is 24.4 Å². The lowest BCUT2D eigenvalue weighted by Gasteiger charge is -2.34. The number of nitrogens with zero attached hydrogens (tertiary/aromatic N) is 6. The number of aromatic nitrogens is 4. The number of ether oxygens (including phenoxy) is 1. The minimum absolute atomic E-state index is 0.229.